The van der Waals surface area contributed by atoms with Crippen LogP contribution in [0.1, 0.15) is 38.7 Å². The Morgan fingerprint density at radius 2 is 2.07 bits per heavy atom. The van der Waals surface area contributed by atoms with Crippen molar-refractivity contribution in [3.63, 3.8) is 0 Å². The summed E-state index contributed by atoms with van der Waals surface area (Å²) in [6.45, 7) is 7.80. The van der Waals surface area contributed by atoms with Gasteiger partial charge in [-0.3, -0.25) is 14.5 Å². The highest BCUT2D eigenvalue weighted by Gasteiger charge is 2.67. The molecule has 3 aliphatic heterocycles. The molecule has 4 N–H and O–H groups in total. The lowest BCUT2D eigenvalue weighted by Gasteiger charge is -2.56. The van der Waals surface area contributed by atoms with Crippen LogP contribution < -0.4 is 16.4 Å². The number of nitrogens with two attached hydrogens (primary N) is 1. The van der Waals surface area contributed by atoms with E-state index >= 15 is 0 Å². The van der Waals surface area contributed by atoms with Gasteiger partial charge in [0.1, 0.15) is 5.54 Å². The van der Waals surface area contributed by atoms with E-state index in [2.05, 4.69) is 29.4 Å². The Morgan fingerprint density at radius 3 is 2.76 bits per heavy atom. The fraction of sp³-hybridized carbons (Fsp3) is 0.652. The van der Waals surface area contributed by atoms with E-state index in [4.69, 9.17) is 5.73 Å². The molecule has 1 aliphatic carbocycles. The van der Waals surface area contributed by atoms with E-state index in [1.807, 2.05) is 30.3 Å². The van der Waals surface area contributed by atoms with E-state index in [0.717, 1.165) is 38.0 Å². The Kier molecular flexibility index (Phi) is 5.67. The van der Waals surface area contributed by atoms with Crippen molar-refractivity contribution in [1.29, 1.82) is 0 Å². The molecule has 4 fully saturated rings. The summed E-state index contributed by atoms with van der Waals surface area (Å²) in [5.74, 6) is 1.59. The largest absolute Gasteiger partial charge is 0.370 e. The van der Waals surface area contributed by atoms with Crippen LogP contribution in [0.25, 0.3) is 0 Å². The molecule has 29 heavy (non-hydrogen) atoms. The molecule has 4 aliphatic rings. The number of amides is 2. The molecule has 3 heterocycles. The molecular weight excluding hydrogens is 364 g/mol. The summed E-state index contributed by atoms with van der Waals surface area (Å²) in [5.41, 5.74) is 6.03. The number of hydrogen-bond donors (Lipinski definition) is 3. The Morgan fingerprint density at radius 1 is 1.31 bits per heavy atom. The fourth-order valence-electron chi connectivity index (χ4n) is 6.20. The van der Waals surface area contributed by atoms with Gasteiger partial charge in [-0.15, -0.1) is 0 Å². The first-order chi connectivity index (χ1) is 13.9. The molecule has 4 bridgehead atoms. The molecule has 5 atom stereocenters. The zero-order valence-electron chi connectivity index (χ0n) is 17.6. The smallest absolute Gasteiger partial charge is 0.242 e. The number of primary amides is 1. The molecule has 1 saturated carbocycles. The predicted molar refractivity (Wildman–Crippen MR) is 113 cm³/mol. The van der Waals surface area contributed by atoms with Crippen molar-refractivity contribution in [2.75, 3.05) is 19.6 Å². The lowest BCUT2D eigenvalue weighted by Crippen LogP contribution is -2.76. The molecule has 1 aromatic rings. The van der Waals surface area contributed by atoms with Gasteiger partial charge in [-0.2, -0.15) is 0 Å². The van der Waals surface area contributed by atoms with Crippen molar-refractivity contribution in [3.8, 4) is 0 Å². The number of rotatable bonds is 8. The van der Waals surface area contributed by atoms with Crippen LogP contribution >= 0.6 is 0 Å². The second-order valence-corrected chi connectivity index (χ2v) is 9.57. The molecule has 2 amide bonds. The standard InChI is InChI=1S/C23H34N4O2/c1-15(2)13-27-14-18-10-17-12-26-23(18,21(27)19(17)8-9-20(24)28)22(29)25-11-16-6-4-3-5-7-16/h3-7,15,17-19,21,26H,8-14H2,1-2H3,(H2,24,28)(H,25,29)/t17-,18-,19+,21-,23-/m0/s1. The van der Waals surface area contributed by atoms with Gasteiger partial charge in [0.05, 0.1) is 0 Å². The normalized spacial score (nSPS) is 33.2. The average Bonchev–Trinajstić information content (AvgIpc) is 2.94. The maximum atomic E-state index is 13.6. The van der Waals surface area contributed by atoms with Gasteiger partial charge < -0.3 is 16.4 Å². The molecular formula is C23H34N4O2. The molecule has 5 rings (SSSR count). The van der Waals surface area contributed by atoms with Gasteiger partial charge in [0, 0.05) is 38.0 Å². The van der Waals surface area contributed by atoms with Gasteiger partial charge >= 0.3 is 0 Å². The zero-order valence-corrected chi connectivity index (χ0v) is 17.6. The predicted octanol–water partition coefficient (Wildman–Crippen LogP) is 1.50. The fourth-order valence-corrected chi connectivity index (χ4v) is 6.20. The monoisotopic (exact) mass is 398 g/mol. The van der Waals surface area contributed by atoms with Crippen LogP contribution in [0.2, 0.25) is 0 Å². The number of fused-ring (bicyclic) bond motifs is 1. The Labute approximate surface area is 173 Å². The highest BCUT2D eigenvalue weighted by molar-refractivity contribution is 5.89. The summed E-state index contributed by atoms with van der Waals surface area (Å²) in [6, 6.07) is 10.2. The summed E-state index contributed by atoms with van der Waals surface area (Å²) in [5, 5.41) is 6.91. The third kappa shape index (κ3) is 3.68. The highest BCUT2D eigenvalue weighted by atomic mass is 16.2. The molecule has 6 nitrogen and oxygen atoms in total. The molecule has 158 valence electrons. The number of carbonyl (C=O) groups excluding carboxylic acids is 2. The van der Waals surface area contributed by atoms with Gasteiger partial charge in [-0.05, 0) is 42.7 Å². The van der Waals surface area contributed by atoms with Crippen molar-refractivity contribution >= 4 is 11.8 Å². The third-order valence-electron chi connectivity index (χ3n) is 7.21. The van der Waals surface area contributed by atoms with Crippen LogP contribution in [0.5, 0.6) is 0 Å². The number of piperidine rings is 2. The van der Waals surface area contributed by atoms with Gasteiger partial charge in [0.15, 0.2) is 0 Å². The Hall–Kier alpha value is -1.92. The summed E-state index contributed by atoms with van der Waals surface area (Å²) < 4.78 is 0. The average molecular weight is 399 g/mol. The van der Waals surface area contributed by atoms with E-state index in [1.54, 1.807) is 0 Å². The zero-order chi connectivity index (χ0) is 20.6. The maximum absolute atomic E-state index is 13.6. The molecule has 0 unspecified atom stereocenters. The van der Waals surface area contributed by atoms with Gasteiger partial charge in [-0.1, -0.05) is 44.2 Å². The second kappa shape index (κ2) is 8.07. The van der Waals surface area contributed by atoms with E-state index in [0.29, 0.717) is 36.6 Å². The Bertz CT molecular complexity index is 753. The topological polar surface area (TPSA) is 87.5 Å². The van der Waals surface area contributed by atoms with Crippen molar-refractivity contribution in [1.82, 2.24) is 15.5 Å². The van der Waals surface area contributed by atoms with Crippen LogP contribution in [0, 0.1) is 23.7 Å². The van der Waals surface area contributed by atoms with E-state index in [-0.39, 0.29) is 17.9 Å². The molecule has 6 heteroatoms. The molecule has 3 saturated heterocycles. The van der Waals surface area contributed by atoms with Gasteiger partial charge in [0.25, 0.3) is 0 Å². The number of carbonyl (C=O) groups is 2. The van der Waals surface area contributed by atoms with E-state index in [1.165, 1.54) is 0 Å². The molecule has 0 spiro atoms. The molecule has 1 aromatic carbocycles. The summed E-state index contributed by atoms with van der Waals surface area (Å²) >= 11 is 0. The minimum absolute atomic E-state index is 0.116. The molecule has 0 radical (unpaired) electrons. The van der Waals surface area contributed by atoms with Crippen LogP contribution in [-0.4, -0.2) is 47.9 Å². The van der Waals surface area contributed by atoms with E-state index in [9.17, 15) is 9.59 Å². The quantitative estimate of drug-likeness (QED) is 0.619. The van der Waals surface area contributed by atoms with Crippen molar-refractivity contribution in [2.24, 2.45) is 29.4 Å². The van der Waals surface area contributed by atoms with Crippen molar-refractivity contribution in [3.05, 3.63) is 35.9 Å². The lowest BCUT2D eigenvalue weighted by atomic mass is 9.58. The van der Waals surface area contributed by atoms with Crippen molar-refractivity contribution < 1.29 is 9.59 Å². The maximum Gasteiger partial charge on any atom is 0.242 e. The Balaban J connectivity index is 1.59. The summed E-state index contributed by atoms with van der Waals surface area (Å²) in [4.78, 5) is 27.7. The van der Waals surface area contributed by atoms with Gasteiger partial charge in [-0.25, -0.2) is 0 Å². The lowest BCUT2D eigenvalue weighted by molar-refractivity contribution is -0.139. The first-order valence-corrected chi connectivity index (χ1v) is 11.0. The van der Waals surface area contributed by atoms with Crippen LogP contribution in [-0.2, 0) is 16.1 Å². The van der Waals surface area contributed by atoms with Crippen LogP contribution in [0.15, 0.2) is 30.3 Å². The SMILES string of the molecule is CC(C)CN1C[C@@H]2C[C@H]3CN[C@]2(C(=O)NCc2ccccc2)[C@@H]1[C@@H]3CCC(N)=O. The number of nitrogens with one attached hydrogen (secondary N) is 2. The third-order valence-corrected chi connectivity index (χ3v) is 7.21. The molecule has 0 aromatic heterocycles. The summed E-state index contributed by atoms with van der Waals surface area (Å²) in [7, 11) is 0. The van der Waals surface area contributed by atoms with Crippen molar-refractivity contribution in [2.45, 2.75) is 51.2 Å². The van der Waals surface area contributed by atoms with Crippen LogP contribution in [0.3, 0.4) is 0 Å². The second-order valence-electron chi connectivity index (χ2n) is 9.57. The number of nitrogens with zero attached hydrogens (tertiary/aromatic N) is 1. The van der Waals surface area contributed by atoms with Crippen LogP contribution in [0.4, 0.5) is 0 Å². The van der Waals surface area contributed by atoms with Gasteiger partial charge in [0.2, 0.25) is 11.8 Å². The number of likely N-dealkylation sites (tertiary alicyclic amines) is 1. The highest BCUT2D eigenvalue weighted by Crippen LogP contribution is 2.53. The first-order valence-electron chi connectivity index (χ1n) is 11.0. The first kappa shape index (κ1) is 20.4. The minimum Gasteiger partial charge on any atom is -0.370 e. The number of benzene rings is 1. The number of hydrogen-bond acceptors (Lipinski definition) is 4. The minimum atomic E-state index is -0.555. The van der Waals surface area contributed by atoms with E-state index < -0.39 is 5.54 Å². The summed E-state index contributed by atoms with van der Waals surface area (Å²) in [6.07, 6.45) is 2.24.